The van der Waals surface area contributed by atoms with Crippen molar-refractivity contribution < 1.29 is 19.4 Å². The molecular formula is C19H17Cl2NO4. The predicted octanol–water partition coefficient (Wildman–Crippen LogP) is 3.48. The molecule has 5 nitrogen and oxygen atoms in total. The van der Waals surface area contributed by atoms with Gasteiger partial charge < -0.3 is 14.7 Å². The van der Waals surface area contributed by atoms with Crippen LogP contribution in [0.15, 0.2) is 36.4 Å². The highest BCUT2D eigenvalue weighted by molar-refractivity contribution is 6.38. The van der Waals surface area contributed by atoms with Crippen molar-refractivity contribution >= 4 is 40.6 Å². The number of halogens is 2. The number of amides is 1. The van der Waals surface area contributed by atoms with E-state index in [-0.39, 0.29) is 12.2 Å². The van der Waals surface area contributed by atoms with Gasteiger partial charge in [-0.2, -0.15) is 0 Å². The van der Waals surface area contributed by atoms with Gasteiger partial charge in [-0.3, -0.25) is 9.59 Å². The maximum Gasteiger partial charge on any atom is 0.240 e. The zero-order valence-electron chi connectivity index (χ0n) is 14.3. The lowest BCUT2D eigenvalue weighted by atomic mass is 9.77. The van der Waals surface area contributed by atoms with Crippen LogP contribution in [0.1, 0.15) is 22.3 Å². The minimum atomic E-state index is -1.46. The van der Waals surface area contributed by atoms with Gasteiger partial charge in [0, 0.05) is 29.6 Å². The zero-order chi connectivity index (χ0) is 19.1. The maximum absolute atomic E-state index is 13.0. The van der Waals surface area contributed by atoms with Gasteiger partial charge in [-0.15, -0.1) is 0 Å². The van der Waals surface area contributed by atoms with Crippen molar-refractivity contribution in [1.29, 1.82) is 0 Å². The van der Waals surface area contributed by atoms with Crippen LogP contribution in [0.3, 0.4) is 0 Å². The fourth-order valence-corrected chi connectivity index (χ4v) is 3.99. The normalized spacial score (nSPS) is 18.8. The number of fused-ring (bicyclic) bond motifs is 1. The van der Waals surface area contributed by atoms with Crippen LogP contribution in [0.25, 0.3) is 0 Å². The number of Topliss-reactive ketones (excluding diaryl/α,β-unsaturated/α-hetero) is 1. The molecule has 1 aliphatic rings. The average Bonchev–Trinajstić information content (AvgIpc) is 2.88. The number of ether oxygens (including phenoxy) is 1. The molecule has 0 fully saturated rings. The van der Waals surface area contributed by atoms with Crippen molar-refractivity contribution in [3.63, 3.8) is 0 Å². The van der Waals surface area contributed by atoms with Gasteiger partial charge in [-0.25, -0.2) is 0 Å². The molecule has 26 heavy (non-hydrogen) atoms. The standard InChI is InChI=1S/C19H17Cl2NO4/c1-22-17-14(21)8-7-13(20)16(17)19(10-23,18(22)25)9-15(24)11-3-5-12(26-2)6-4-11/h3-8,23H,9-10H2,1-2H3. The topological polar surface area (TPSA) is 66.8 Å². The number of ketones is 1. The Balaban J connectivity index is 2.06. The van der Waals surface area contributed by atoms with Gasteiger partial charge in [0.05, 0.1) is 24.4 Å². The first kappa shape index (κ1) is 18.7. The van der Waals surface area contributed by atoms with E-state index in [1.807, 2.05) is 0 Å². The monoisotopic (exact) mass is 393 g/mol. The van der Waals surface area contributed by atoms with E-state index in [1.54, 1.807) is 43.4 Å². The Morgan fingerprint density at radius 1 is 1.15 bits per heavy atom. The molecule has 1 N–H and O–H groups in total. The van der Waals surface area contributed by atoms with Crippen LogP contribution >= 0.6 is 23.2 Å². The second-order valence-corrected chi connectivity index (χ2v) is 7.00. The first-order valence-electron chi connectivity index (χ1n) is 7.90. The van der Waals surface area contributed by atoms with Gasteiger partial charge in [-0.05, 0) is 36.4 Å². The number of nitrogens with zero attached hydrogens (tertiary/aromatic N) is 1. The van der Waals surface area contributed by atoms with Crippen LogP contribution in [0, 0.1) is 0 Å². The third kappa shape index (κ3) is 2.76. The minimum absolute atomic E-state index is 0.216. The Labute approximate surface area is 161 Å². The maximum atomic E-state index is 13.0. The number of hydrogen-bond donors (Lipinski definition) is 1. The first-order valence-corrected chi connectivity index (χ1v) is 8.66. The van der Waals surface area contributed by atoms with Gasteiger partial charge in [0.2, 0.25) is 5.91 Å². The number of benzene rings is 2. The Bertz CT molecular complexity index is 882. The van der Waals surface area contributed by atoms with Gasteiger partial charge in [-0.1, -0.05) is 23.2 Å². The van der Waals surface area contributed by atoms with Gasteiger partial charge in [0.25, 0.3) is 0 Å². The summed E-state index contributed by atoms with van der Waals surface area (Å²) in [5.41, 5.74) is -0.215. The van der Waals surface area contributed by atoms with E-state index in [0.29, 0.717) is 32.6 Å². The smallest absolute Gasteiger partial charge is 0.240 e. The summed E-state index contributed by atoms with van der Waals surface area (Å²) in [5, 5.41) is 10.8. The van der Waals surface area contributed by atoms with Gasteiger partial charge in [0.15, 0.2) is 5.78 Å². The summed E-state index contributed by atoms with van der Waals surface area (Å²) in [7, 11) is 3.09. The minimum Gasteiger partial charge on any atom is -0.497 e. The molecule has 0 radical (unpaired) electrons. The van der Waals surface area contributed by atoms with Crippen molar-refractivity contribution in [3.8, 4) is 5.75 Å². The van der Waals surface area contributed by atoms with E-state index >= 15 is 0 Å². The number of anilines is 1. The summed E-state index contributed by atoms with van der Waals surface area (Å²) >= 11 is 12.6. The molecule has 0 saturated heterocycles. The second-order valence-electron chi connectivity index (χ2n) is 6.19. The molecule has 0 spiro atoms. The summed E-state index contributed by atoms with van der Waals surface area (Å²) in [5.74, 6) is -0.0746. The summed E-state index contributed by atoms with van der Waals surface area (Å²) in [6.45, 7) is -0.550. The molecule has 3 rings (SSSR count). The lowest BCUT2D eigenvalue weighted by molar-refractivity contribution is -0.124. The molecule has 2 aromatic rings. The molecule has 0 bridgehead atoms. The molecule has 1 aliphatic heterocycles. The highest BCUT2D eigenvalue weighted by Crippen LogP contribution is 2.50. The van der Waals surface area contributed by atoms with E-state index in [1.165, 1.54) is 12.0 Å². The Hall–Kier alpha value is -2.08. The van der Waals surface area contributed by atoms with Crippen LogP contribution in [0.5, 0.6) is 5.75 Å². The Kier molecular flexibility index (Phi) is 4.97. The van der Waals surface area contributed by atoms with Crippen molar-refractivity contribution in [2.45, 2.75) is 11.8 Å². The summed E-state index contributed by atoms with van der Waals surface area (Å²) < 4.78 is 5.09. The van der Waals surface area contributed by atoms with Crippen LogP contribution in [-0.4, -0.2) is 37.6 Å². The van der Waals surface area contributed by atoms with Crippen molar-refractivity contribution in [3.05, 3.63) is 57.6 Å². The third-order valence-corrected chi connectivity index (χ3v) is 5.37. The lowest BCUT2D eigenvalue weighted by Gasteiger charge is -2.25. The van der Waals surface area contributed by atoms with E-state index in [0.717, 1.165) is 0 Å². The molecule has 1 atom stereocenters. The first-order chi connectivity index (χ1) is 12.4. The number of rotatable bonds is 5. The summed E-state index contributed by atoms with van der Waals surface area (Å²) in [6, 6.07) is 9.73. The largest absolute Gasteiger partial charge is 0.497 e. The Morgan fingerprint density at radius 3 is 2.35 bits per heavy atom. The van der Waals surface area contributed by atoms with Gasteiger partial charge in [0.1, 0.15) is 11.2 Å². The fourth-order valence-electron chi connectivity index (χ4n) is 3.37. The molecular weight excluding hydrogens is 377 g/mol. The number of aliphatic hydroxyl groups is 1. The number of likely N-dealkylation sites (N-methyl/N-ethyl adjacent to an activating group) is 1. The van der Waals surface area contributed by atoms with E-state index in [4.69, 9.17) is 27.9 Å². The molecule has 1 unspecified atom stereocenters. The second kappa shape index (κ2) is 6.91. The molecule has 0 aliphatic carbocycles. The highest BCUT2D eigenvalue weighted by Gasteiger charge is 2.52. The molecule has 1 heterocycles. The average molecular weight is 394 g/mol. The zero-order valence-corrected chi connectivity index (χ0v) is 15.8. The van der Waals surface area contributed by atoms with E-state index in [2.05, 4.69) is 0 Å². The van der Waals surface area contributed by atoms with Crippen molar-refractivity contribution in [2.75, 3.05) is 25.7 Å². The van der Waals surface area contributed by atoms with Gasteiger partial charge >= 0.3 is 0 Å². The third-order valence-electron chi connectivity index (χ3n) is 4.75. The molecule has 2 aromatic carbocycles. The fraction of sp³-hybridized carbons (Fsp3) is 0.263. The quantitative estimate of drug-likeness (QED) is 0.789. The number of carbonyl (C=O) groups is 2. The van der Waals surface area contributed by atoms with E-state index in [9.17, 15) is 14.7 Å². The predicted molar refractivity (Wildman–Crippen MR) is 101 cm³/mol. The van der Waals surface area contributed by atoms with E-state index < -0.39 is 17.9 Å². The van der Waals surface area contributed by atoms with Crippen LogP contribution in [-0.2, 0) is 10.2 Å². The summed E-state index contributed by atoms with van der Waals surface area (Å²) in [6.07, 6.45) is -0.216. The highest BCUT2D eigenvalue weighted by atomic mass is 35.5. The van der Waals surface area contributed by atoms with Crippen LogP contribution in [0.2, 0.25) is 10.0 Å². The molecule has 1 amide bonds. The SMILES string of the molecule is COc1ccc(C(=O)CC2(CO)C(=O)N(C)c3c(Cl)ccc(Cl)c32)cc1. The molecule has 136 valence electrons. The molecule has 7 heteroatoms. The van der Waals surface area contributed by atoms with Crippen molar-refractivity contribution in [1.82, 2.24) is 0 Å². The van der Waals surface area contributed by atoms with Crippen LogP contribution < -0.4 is 9.64 Å². The lowest BCUT2D eigenvalue weighted by Crippen LogP contribution is -2.43. The Morgan fingerprint density at radius 2 is 1.77 bits per heavy atom. The number of methoxy groups -OCH3 is 1. The number of hydrogen-bond acceptors (Lipinski definition) is 4. The molecule has 0 aromatic heterocycles. The molecule has 0 saturated carbocycles. The number of carbonyl (C=O) groups excluding carboxylic acids is 2. The number of aliphatic hydroxyl groups excluding tert-OH is 1. The van der Waals surface area contributed by atoms with Crippen molar-refractivity contribution in [2.24, 2.45) is 0 Å². The van der Waals surface area contributed by atoms with Crippen LogP contribution in [0.4, 0.5) is 5.69 Å². The summed E-state index contributed by atoms with van der Waals surface area (Å²) in [4.78, 5) is 27.1.